The van der Waals surface area contributed by atoms with Gasteiger partial charge in [-0.25, -0.2) is 4.39 Å². The summed E-state index contributed by atoms with van der Waals surface area (Å²) >= 11 is 1.61. The number of hydrogen-bond acceptors (Lipinski definition) is 3. The molecule has 1 aromatic carbocycles. The first-order valence-electron chi connectivity index (χ1n) is 6.91. The van der Waals surface area contributed by atoms with Gasteiger partial charge in [-0.3, -0.25) is 0 Å². The highest BCUT2D eigenvalue weighted by atomic mass is 32.1. The van der Waals surface area contributed by atoms with Gasteiger partial charge in [0.15, 0.2) is 11.6 Å². The average Bonchev–Trinajstić information content (AvgIpc) is 2.88. The second kappa shape index (κ2) is 7.52. The van der Waals surface area contributed by atoms with E-state index in [0.717, 1.165) is 24.0 Å². The lowest BCUT2D eigenvalue weighted by Gasteiger charge is -2.06. The molecule has 2 rings (SSSR count). The maximum Gasteiger partial charge on any atom is 0.200 e. The van der Waals surface area contributed by atoms with E-state index in [1.54, 1.807) is 11.3 Å². The SMILES string of the molecule is CC(C)CNCc1ccc(COc2cccc(F)c2F)s1. The zero-order valence-corrected chi connectivity index (χ0v) is 13.0. The quantitative estimate of drug-likeness (QED) is 0.821. The largest absolute Gasteiger partial charge is 0.485 e. The molecule has 2 nitrogen and oxygen atoms in total. The predicted octanol–water partition coefficient (Wildman–Crippen LogP) is 4.35. The minimum absolute atomic E-state index is 0.0529. The third-order valence-corrected chi connectivity index (χ3v) is 3.91. The molecular weight excluding hydrogens is 292 g/mol. The van der Waals surface area contributed by atoms with Crippen LogP contribution >= 0.6 is 11.3 Å². The van der Waals surface area contributed by atoms with Gasteiger partial charge in [0.1, 0.15) is 6.61 Å². The Bertz CT molecular complexity index is 583. The van der Waals surface area contributed by atoms with Crippen molar-refractivity contribution in [2.45, 2.75) is 27.0 Å². The van der Waals surface area contributed by atoms with Crippen LogP contribution in [0.25, 0.3) is 0 Å². The first kappa shape index (κ1) is 15.9. The lowest BCUT2D eigenvalue weighted by atomic mass is 10.2. The first-order valence-corrected chi connectivity index (χ1v) is 7.73. The molecule has 1 N–H and O–H groups in total. The van der Waals surface area contributed by atoms with Crippen molar-refractivity contribution in [1.82, 2.24) is 5.32 Å². The van der Waals surface area contributed by atoms with Crippen molar-refractivity contribution in [2.24, 2.45) is 5.92 Å². The highest BCUT2D eigenvalue weighted by Gasteiger charge is 2.09. The predicted molar refractivity (Wildman–Crippen MR) is 81.6 cm³/mol. The molecule has 0 saturated carbocycles. The van der Waals surface area contributed by atoms with Crippen molar-refractivity contribution in [3.8, 4) is 5.75 Å². The zero-order chi connectivity index (χ0) is 15.2. The zero-order valence-electron chi connectivity index (χ0n) is 12.2. The molecule has 5 heteroatoms. The molecule has 0 aliphatic heterocycles. The molecule has 0 bridgehead atoms. The smallest absolute Gasteiger partial charge is 0.200 e. The van der Waals surface area contributed by atoms with Crippen LogP contribution in [0, 0.1) is 17.6 Å². The van der Waals surface area contributed by atoms with Crippen LogP contribution in [0.2, 0.25) is 0 Å². The van der Waals surface area contributed by atoms with Gasteiger partial charge in [-0.05, 0) is 36.7 Å². The van der Waals surface area contributed by atoms with Crippen molar-refractivity contribution in [3.05, 3.63) is 51.7 Å². The summed E-state index contributed by atoms with van der Waals surface area (Å²) in [5, 5.41) is 3.36. The highest BCUT2D eigenvalue weighted by Crippen LogP contribution is 2.22. The van der Waals surface area contributed by atoms with Gasteiger partial charge in [0, 0.05) is 16.3 Å². The fourth-order valence-electron chi connectivity index (χ4n) is 1.82. The van der Waals surface area contributed by atoms with E-state index in [0.29, 0.717) is 5.92 Å². The van der Waals surface area contributed by atoms with Gasteiger partial charge in [0.25, 0.3) is 0 Å². The summed E-state index contributed by atoms with van der Waals surface area (Å²) < 4.78 is 31.8. The van der Waals surface area contributed by atoms with Gasteiger partial charge in [0.05, 0.1) is 0 Å². The normalized spacial score (nSPS) is 11.1. The van der Waals surface area contributed by atoms with Crippen LogP contribution in [0.1, 0.15) is 23.6 Å². The number of hydrogen-bond donors (Lipinski definition) is 1. The van der Waals surface area contributed by atoms with E-state index in [2.05, 4.69) is 19.2 Å². The van der Waals surface area contributed by atoms with Gasteiger partial charge < -0.3 is 10.1 Å². The van der Waals surface area contributed by atoms with Gasteiger partial charge >= 0.3 is 0 Å². The van der Waals surface area contributed by atoms with Gasteiger partial charge in [0.2, 0.25) is 5.82 Å². The van der Waals surface area contributed by atoms with Gasteiger partial charge in [-0.2, -0.15) is 4.39 Å². The molecule has 0 aliphatic carbocycles. The molecule has 114 valence electrons. The van der Waals surface area contributed by atoms with E-state index >= 15 is 0 Å². The number of benzene rings is 1. The Balaban J connectivity index is 1.86. The van der Waals surface area contributed by atoms with E-state index in [-0.39, 0.29) is 12.4 Å². The van der Waals surface area contributed by atoms with Crippen LogP contribution in [0.3, 0.4) is 0 Å². The summed E-state index contributed by atoms with van der Waals surface area (Å²) in [5.74, 6) is -1.27. The lowest BCUT2D eigenvalue weighted by molar-refractivity contribution is 0.287. The van der Waals surface area contributed by atoms with Crippen molar-refractivity contribution in [3.63, 3.8) is 0 Å². The van der Waals surface area contributed by atoms with Crippen molar-refractivity contribution >= 4 is 11.3 Å². The first-order chi connectivity index (χ1) is 10.1. The van der Waals surface area contributed by atoms with Crippen LogP contribution < -0.4 is 10.1 Å². The molecule has 1 aromatic heterocycles. The van der Waals surface area contributed by atoms with Gasteiger partial charge in [-0.1, -0.05) is 19.9 Å². The summed E-state index contributed by atoms with van der Waals surface area (Å²) in [6.07, 6.45) is 0. The van der Waals surface area contributed by atoms with E-state index in [9.17, 15) is 8.78 Å². The molecule has 0 unspecified atom stereocenters. The maximum absolute atomic E-state index is 13.4. The van der Waals surface area contributed by atoms with E-state index in [1.807, 2.05) is 12.1 Å². The van der Waals surface area contributed by atoms with Crippen LogP contribution in [0.4, 0.5) is 8.78 Å². The number of ether oxygens (including phenoxy) is 1. The lowest BCUT2D eigenvalue weighted by Crippen LogP contribution is -2.18. The maximum atomic E-state index is 13.4. The third kappa shape index (κ3) is 4.79. The summed E-state index contributed by atoms with van der Waals surface area (Å²) in [7, 11) is 0. The van der Waals surface area contributed by atoms with Crippen LogP contribution in [-0.4, -0.2) is 6.54 Å². The number of thiophene rings is 1. The molecule has 0 radical (unpaired) electrons. The molecule has 0 atom stereocenters. The second-order valence-corrected chi connectivity index (χ2v) is 6.49. The van der Waals surface area contributed by atoms with Crippen molar-refractivity contribution in [2.75, 3.05) is 6.54 Å². The number of halogens is 2. The van der Waals surface area contributed by atoms with E-state index < -0.39 is 11.6 Å². The molecule has 2 aromatic rings. The average molecular weight is 311 g/mol. The molecule has 1 heterocycles. The Labute approximate surface area is 127 Å². The Morgan fingerprint density at radius 2 is 1.90 bits per heavy atom. The monoisotopic (exact) mass is 311 g/mol. The Morgan fingerprint density at radius 1 is 1.14 bits per heavy atom. The van der Waals surface area contributed by atoms with E-state index in [4.69, 9.17) is 4.74 Å². The Kier molecular flexibility index (Phi) is 5.70. The third-order valence-electron chi connectivity index (χ3n) is 2.86. The highest BCUT2D eigenvalue weighted by molar-refractivity contribution is 7.11. The summed E-state index contributed by atoms with van der Waals surface area (Å²) in [5.41, 5.74) is 0. The topological polar surface area (TPSA) is 21.3 Å². The Morgan fingerprint density at radius 3 is 2.67 bits per heavy atom. The number of nitrogens with one attached hydrogen (secondary N) is 1. The Hall–Kier alpha value is -1.46. The van der Waals surface area contributed by atoms with Crippen molar-refractivity contribution < 1.29 is 13.5 Å². The standard InChI is InChI=1S/C16H19F2NOS/c1-11(2)8-19-9-12-6-7-13(21-12)10-20-15-5-3-4-14(17)16(15)18/h3-7,11,19H,8-10H2,1-2H3. The molecule has 0 aliphatic rings. The summed E-state index contributed by atoms with van der Waals surface area (Å²) in [4.78, 5) is 2.19. The van der Waals surface area contributed by atoms with Crippen LogP contribution in [0.5, 0.6) is 5.75 Å². The number of rotatable bonds is 7. The minimum atomic E-state index is -0.937. The molecular formula is C16H19F2NOS. The second-order valence-electron chi connectivity index (χ2n) is 5.23. The van der Waals surface area contributed by atoms with Crippen LogP contribution in [0.15, 0.2) is 30.3 Å². The van der Waals surface area contributed by atoms with Crippen LogP contribution in [-0.2, 0) is 13.2 Å². The van der Waals surface area contributed by atoms with Crippen molar-refractivity contribution in [1.29, 1.82) is 0 Å². The fraction of sp³-hybridized carbons (Fsp3) is 0.375. The summed E-state index contributed by atoms with van der Waals surface area (Å²) in [6, 6.07) is 7.92. The van der Waals surface area contributed by atoms with Gasteiger partial charge in [-0.15, -0.1) is 11.3 Å². The molecule has 0 fully saturated rings. The van der Waals surface area contributed by atoms with E-state index in [1.165, 1.54) is 17.0 Å². The molecule has 21 heavy (non-hydrogen) atoms. The fourth-order valence-corrected chi connectivity index (χ4v) is 2.72. The molecule has 0 spiro atoms. The molecule has 0 amide bonds. The summed E-state index contributed by atoms with van der Waals surface area (Å²) in [6.45, 7) is 6.35. The molecule has 0 saturated heterocycles. The minimum Gasteiger partial charge on any atom is -0.485 e.